The van der Waals surface area contributed by atoms with Crippen LogP contribution in [0.5, 0.6) is 5.75 Å². The second-order valence-electron chi connectivity index (χ2n) is 4.87. The normalized spacial score (nSPS) is 21.0. The van der Waals surface area contributed by atoms with Gasteiger partial charge in [0.1, 0.15) is 18.2 Å². The lowest BCUT2D eigenvalue weighted by atomic mass is 10.1. The van der Waals surface area contributed by atoms with Gasteiger partial charge in [0, 0.05) is 18.2 Å². The first-order chi connectivity index (χ1) is 8.58. The standard InChI is InChI=1S/C14H20FNO2/c1-9-6-14(12(10(2)16)7-13(9)15)18-8-11-4-3-5-17-11/h6-7,10-11H,3-5,8,16H2,1-2H3. The van der Waals surface area contributed by atoms with Crippen LogP contribution in [0.25, 0.3) is 0 Å². The number of rotatable bonds is 4. The number of halogens is 1. The van der Waals surface area contributed by atoms with E-state index in [9.17, 15) is 4.39 Å². The molecule has 0 spiro atoms. The van der Waals surface area contributed by atoms with Crippen LogP contribution in [-0.4, -0.2) is 19.3 Å². The van der Waals surface area contributed by atoms with Crippen LogP contribution < -0.4 is 10.5 Å². The fourth-order valence-electron chi connectivity index (χ4n) is 2.11. The van der Waals surface area contributed by atoms with E-state index >= 15 is 0 Å². The molecule has 1 aliphatic heterocycles. The maximum atomic E-state index is 13.5. The zero-order chi connectivity index (χ0) is 13.1. The predicted octanol–water partition coefficient (Wildman–Crippen LogP) is 2.71. The molecule has 2 unspecified atom stereocenters. The third kappa shape index (κ3) is 3.00. The summed E-state index contributed by atoms with van der Waals surface area (Å²) in [5, 5.41) is 0. The highest BCUT2D eigenvalue weighted by Crippen LogP contribution is 2.28. The van der Waals surface area contributed by atoms with Crippen molar-refractivity contribution < 1.29 is 13.9 Å². The van der Waals surface area contributed by atoms with E-state index in [-0.39, 0.29) is 18.0 Å². The fraction of sp³-hybridized carbons (Fsp3) is 0.571. The summed E-state index contributed by atoms with van der Waals surface area (Å²) in [6, 6.07) is 2.92. The van der Waals surface area contributed by atoms with Gasteiger partial charge in [-0.05, 0) is 44.4 Å². The van der Waals surface area contributed by atoms with Gasteiger partial charge in [-0.15, -0.1) is 0 Å². The quantitative estimate of drug-likeness (QED) is 0.897. The number of ether oxygens (including phenoxy) is 2. The lowest BCUT2D eigenvalue weighted by Gasteiger charge is -2.17. The van der Waals surface area contributed by atoms with Gasteiger partial charge >= 0.3 is 0 Å². The number of hydrogen-bond donors (Lipinski definition) is 1. The van der Waals surface area contributed by atoms with E-state index in [0.717, 1.165) is 19.4 Å². The van der Waals surface area contributed by atoms with Gasteiger partial charge in [-0.3, -0.25) is 0 Å². The average molecular weight is 253 g/mol. The Bertz CT molecular complexity index is 415. The van der Waals surface area contributed by atoms with Gasteiger partial charge in [0.15, 0.2) is 0 Å². The van der Waals surface area contributed by atoms with Crippen molar-refractivity contribution in [1.29, 1.82) is 0 Å². The van der Waals surface area contributed by atoms with Gasteiger partial charge in [-0.2, -0.15) is 0 Å². The van der Waals surface area contributed by atoms with Crippen molar-refractivity contribution in [2.75, 3.05) is 13.2 Å². The van der Waals surface area contributed by atoms with Gasteiger partial charge in [-0.25, -0.2) is 4.39 Å². The molecule has 0 saturated carbocycles. The predicted molar refractivity (Wildman–Crippen MR) is 68.2 cm³/mol. The molecule has 0 aromatic heterocycles. The molecule has 2 rings (SSSR count). The monoisotopic (exact) mass is 253 g/mol. The Labute approximate surface area is 107 Å². The van der Waals surface area contributed by atoms with Gasteiger partial charge in [0.25, 0.3) is 0 Å². The van der Waals surface area contributed by atoms with E-state index < -0.39 is 0 Å². The van der Waals surface area contributed by atoms with E-state index in [0.29, 0.717) is 23.5 Å². The number of benzene rings is 1. The lowest BCUT2D eigenvalue weighted by Crippen LogP contribution is -2.18. The van der Waals surface area contributed by atoms with Crippen molar-refractivity contribution in [3.63, 3.8) is 0 Å². The number of nitrogens with two attached hydrogens (primary N) is 1. The van der Waals surface area contributed by atoms with Crippen LogP contribution in [0.15, 0.2) is 12.1 Å². The van der Waals surface area contributed by atoms with E-state index in [4.69, 9.17) is 15.2 Å². The van der Waals surface area contributed by atoms with Crippen LogP contribution in [0.4, 0.5) is 4.39 Å². The maximum Gasteiger partial charge on any atom is 0.126 e. The van der Waals surface area contributed by atoms with Crippen molar-refractivity contribution in [2.45, 2.75) is 38.8 Å². The highest BCUT2D eigenvalue weighted by molar-refractivity contribution is 5.39. The average Bonchev–Trinajstić information content (AvgIpc) is 2.83. The summed E-state index contributed by atoms with van der Waals surface area (Å²) in [6.07, 6.45) is 2.25. The lowest BCUT2D eigenvalue weighted by molar-refractivity contribution is 0.0674. The van der Waals surface area contributed by atoms with Gasteiger partial charge in [0.05, 0.1) is 6.10 Å². The first kappa shape index (κ1) is 13.3. The Morgan fingerprint density at radius 2 is 2.33 bits per heavy atom. The molecule has 1 aliphatic rings. The molecule has 1 fully saturated rings. The topological polar surface area (TPSA) is 44.5 Å². The third-order valence-corrected chi connectivity index (χ3v) is 3.23. The van der Waals surface area contributed by atoms with E-state index in [1.807, 2.05) is 6.92 Å². The first-order valence-corrected chi connectivity index (χ1v) is 6.38. The molecule has 100 valence electrons. The largest absolute Gasteiger partial charge is 0.491 e. The minimum absolute atomic E-state index is 0.149. The van der Waals surface area contributed by atoms with Gasteiger partial charge < -0.3 is 15.2 Å². The van der Waals surface area contributed by atoms with Crippen molar-refractivity contribution >= 4 is 0 Å². The molecule has 0 aliphatic carbocycles. The Kier molecular flexibility index (Phi) is 4.19. The molecule has 2 N–H and O–H groups in total. The van der Waals surface area contributed by atoms with Crippen molar-refractivity contribution in [1.82, 2.24) is 0 Å². The highest BCUT2D eigenvalue weighted by Gasteiger charge is 2.18. The summed E-state index contributed by atoms with van der Waals surface area (Å²) < 4.78 is 24.8. The molecule has 0 bridgehead atoms. The second kappa shape index (κ2) is 5.67. The summed E-state index contributed by atoms with van der Waals surface area (Å²) >= 11 is 0. The van der Waals surface area contributed by atoms with Crippen LogP contribution in [-0.2, 0) is 4.74 Å². The Balaban J connectivity index is 2.12. The van der Waals surface area contributed by atoms with E-state index in [1.165, 1.54) is 6.07 Å². The third-order valence-electron chi connectivity index (χ3n) is 3.23. The Hall–Kier alpha value is -1.13. The minimum Gasteiger partial charge on any atom is -0.491 e. The molecule has 1 aromatic carbocycles. The zero-order valence-electron chi connectivity index (χ0n) is 10.9. The van der Waals surface area contributed by atoms with Crippen LogP contribution >= 0.6 is 0 Å². The smallest absolute Gasteiger partial charge is 0.126 e. The minimum atomic E-state index is -0.250. The first-order valence-electron chi connectivity index (χ1n) is 6.38. The SMILES string of the molecule is Cc1cc(OCC2CCCO2)c(C(C)N)cc1F. The summed E-state index contributed by atoms with van der Waals surface area (Å²) in [6.45, 7) is 4.85. The molecule has 2 atom stereocenters. The van der Waals surface area contributed by atoms with E-state index in [1.54, 1.807) is 13.0 Å². The summed E-state index contributed by atoms with van der Waals surface area (Å²) in [5.74, 6) is 0.422. The molecule has 0 radical (unpaired) electrons. The van der Waals surface area contributed by atoms with E-state index in [2.05, 4.69) is 0 Å². The Morgan fingerprint density at radius 1 is 1.56 bits per heavy atom. The van der Waals surface area contributed by atoms with Crippen molar-refractivity contribution in [3.05, 3.63) is 29.1 Å². The molecule has 1 saturated heterocycles. The van der Waals surface area contributed by atoms with Crippen molar-refractivity contribution in [2.24, 2.45) is 5.73 Å². The summed E-state index contributed by atoms with van der Waals surface area (Å²) in [4.78, 5) is 0. The fourth-order valence-corrected chi connectivity index (χ4v) is 2.11. The Morgan fingerprint density at radius 3 is 2.94 bits per heavy atom. The van der Waals surface area contributed by atoms with Crippen LogP contribution in [0.3, 0.4) is 0 Å². The molecular weight excluding hydrogens is 233 g/mol. The highest BCUT2D eigenvalue weighted by atomic mass is 19.1. The van der Waals surface area contributed by atoms with Crippen LogP contribution in [0.2, 0.25) is 0 Å². The van der Waals surface area contributed by atoms with Gasteiger partial charge in [-0.1, -0.05) is 0 Å². The summed E-state index contributed by atoms with van der Waals surface area (Å²) in [7, 11) is 0. The van der Waals surface area contributed by atoms with Crippen LogP contribution in [0.1, 0.15) is 36.9 Å². The van der Waals surface area contributed by atoms with Crippen LogP contribution in [0, 0.1) is 12.7 Å². The van der Waals surface area contributed by atoms with Gasteiger partial charge in [0.2, 0.25) is 0 Å². The number of hydrogen-bond acceptors (Lipinski definition) is 3. The number of aryl methyl sites for hydroxylation is 1. The summed E-state index contributed by atoms with van der Waals surface area (Å²) in [5.41, 5.74) is 7.12. The molecule has 1 aromatic rings. The zero-order valence-corrected chi connectivity index (χ0v) is 10.9. The molecule has 1 heterocycles. The molecule has 4 heteroatoms. The molecule has 3 nitrogen and oxygen atoms in total. The molecule has 18 heavy (non-hydrogen) atoms. The second-order valence-corrected chi connectivity index (χ2v) is 4.87. The van der Waals surface area contributed by atoms with Crippen molar-refractivity contribution in [3.8, 4) is 5.75 Å². The maximum absolute atomic E-state index is 13.5. The molecular formula is C14H20FNO2. The molecule has 0 amide bonds.